The predicted molar refractivity (Wildman–Crippen MR) is 89.3 cm³/mol. The number of amides is 1. The van der Waals surface area contributed by atoms with E-state index in [-0.39, 0.29) is 44.3 Å². The highest BCUT2D eigenvalue weighted by molar-refractivity contribution is 5.92. The Kier molecular flexibility index (Phi) is 5.38. The van der Waals surface area contributed by atoms with Crippen molar-refractivity contribution in [3.8, 4) is 0 Å². The molecule has 1 saturated heterocycles. The molecule has 1 aliphatic rings. The van der Waals surface area contributed by atoms with Gasteiger partial charge in [0.05, 0.1) is 19.1 Å². The monoisotopic (exact) mass is 346 g/mol. The Balaban J connectivity index is 1.60. The standard InChI is InChI=1S/C19H20F2N2O2/c20-19(21)9-11-23(18(24)17-8-4-5-10-22-17)12-16(19)14-25-13-15-6-2-1-3-7-15/h1-8,10,16H,9,11-14H2. The van der Waals surface area contributed by atoms with E-state index in [9.17, 15) is 13.6 Å². The topological polar surface area (TPSA) is 42.4 Å². The zero-order valence-electron chi connectivity index (χ0n) is 13.8. The van der Waals surface area contributed by atoms with Gasteiger partial charge in [-0.3, -0.25) is 9.78 Å². The van der Waals surface area contributed by atoms with E-state index in [0.717, 1.165) is 5.56 Å². The molecular formula is C19H20F2N2O2. The lowest BCUT2D eigenvalue weighted by Crippen LogP contribution is -2.51. The number of benzene rings is 1. The number of halogens is 2. The van der Waals surface area contributed by atoms with Crippen molar-refractivity contribution in [3.05, 3.63) is 66.0 Å². The molecule has 0 aliphatic carbocycles. The number of carbonyl (C=O) groups is 1. The van der Waals surface area contributed by atoms with Gasteiger partial charge in [0.15, 0.2) is 0 Å². The molecule has 1 aromatic heterocycles. The van der Waals surface area contributed by atoms with Crippen molar-refractivity contribution in [3.63, 3.8) is 0 Å². The summed E-state index contributed by atoms with van der Waals surface area (Å²) in [6.45, 7) is 0.185. The van der Waals surface area contributed by atoms with Crippen LogP contribution in [0.5, 0.6) is 0 Å². The van der Waals surface area contributed by atoms with Gasteiger partial charge >= 0.3 is 0 Å². The summed E-state index contributed by atoms with van der Waals surface area (Å²) < 4.78 is 33.9. The minimum Gasteiger partial charge on any atom is -0.376 e. The minimum atomic E-state index is -2.84. The zero-order chi connectivity index (χ0) is 17.7. The molecule has 1 unspecified atom stereocenters. The maximum atomic E-state index is 14.2. The largest absolute Gasteiger partial charge is 0.376 e. The average molecular weight is 346 g/mol. The van der Waals surface area contributed by atoms with Crippen LogP contribution in [-0.2, 0) is 11.3 Å². The molecule has 1 aliphatic heterocycles. The van der Waals surface area contributed by atoms with Crippen molar-refractivity contribution < 1.29 is 18.3 Å². The van der Waals surface area contributed by atoms with Gasteiger partial charge in [0.2, 0.25) is 0 Å². The lowest BCUT2D eigenvalue weighted by atomic mass is 9.94. The summed E-state index contributed by atoms with van der Waals surface area (Å²) in [5, 5.41) is 0. The number of carbonyl (C=O) groups excluding carboxylic acids is 1. The maximum Gasteiger partial charge on any atom is 0.272 e. The van der Waals surface area contributed by atoms with E-state index in [1.54, 1.807) is 18.2 Å². The molecule has 1 amide bonds. The van der Waals surface area contributed by atoms with Gasteiger partial charge in [-0.2, -0.15) is 0 Å². The molecule has 132 valence electrons. The van der Waals surface area contributed by atoms with Crippen LogP contribution in [0.1, 0.15) is 22.5 Å². The Morgan fingerprint density at radius 2 is 1.96 bits per heavy atom. The van der Waals surface area contributed by atoms with Crippen molar-refractivity contribution >= 4 is 5.91 Å². The molecule has 2 aromatic rings. The van der Waals surface area contributed by atoms with E-state index in [0.29, 0.717) is 0 Å². The fourth-order valence-corrected chi connectivity index (χ4v) is 2.88. The Morgan fingerprint density at radius 3 is 2.68 bits per heavy atom. The number of alkyl halides is 2. The van der Waals surface area contributed by atoms with E-state index in [1.165, 1.54) is 11.1 Å². The second-order valence-corrected chi connectivity index (χ2v) is 6.17. The van der Waals surface area contributed by atoms with Crippen LogP contribution in [0, 0.1) is 5.92 Å². The van der Waals surface area contributed by atoms with E-state index < -0.39 is 11.8 Å². The van der Waals surface area contributed by atoms with Crippen molar-refractivity contribution in [2.45, 2.75) is 19.0 Å². The molecular weight excluding hydrogens is 326 g/mol. The summed E-state index contributed by atoms with van der Waals surface area (Å²) in [6, 6.07) is 14.4. The molecule has 1 aromatic carbocycles. The van der Waals surface area contributed by atoms with Crippen LogP contribution in [0.15, 0.2) is 54.7 Å². The Labute approximate surface area is 145 Å². The minimum absolute atomic E-state index is 0.0254. The number of aromatic nitrogens is 1. The van der Waals surface area contributed by atoms with Gasteiger partial charge in [-0.05, 0) is 17.7 Å². The van der Waals surface area contributed by atoms with Crippen molar-refractivity contribution in [1.29, 1.82) is 0 Å². The summed E-state index contributed by atoms with van der Waals surface area (Å²) in [6.07, 6.45) is 1.16. The predicted octanol–water partition coefficient (Wildman–Crippen LogP) is 3.40. The summed E-state index contributed by atoms with van der Waals surface area (Å²) in [4.78, 5) is 17.9. The lowest BCUT2D eigenvalue weighted by molar-refractivity contribution is -0.124. The number of ether oxygens (including phenoxy) is 1. The van der Waals surface area contributed by atoms with Gasteiger partial charge in [-0.25, -0.2) is 8.78 Å². The molecule has 0 saturated carbocycles. The number of hydrogen-bond acceptors (Lipinski definition) is 3. The first-order valence-corrected chi connectivity index (χ1v) is 8.26. The summed E-state index contributed by atoms with van der Waals surface area (Å²) >= 11 is 0. The van der Waals surface area contributed by atoms with Crippen LogP contribution in [0.2, 0.25) is 0 Å². The van der Waals surface area contributed by atoms with Crippen molar-refractivity contribution in [2.24, 2.45) is 5.92 Å². The summed E-state index contributed by atoms with van der Waals surface area (Å²) in [7, 11) is 0. The first-order valence-electron chi connectivity index (χ1n) is 8.26. The molecule has 25 heavy (non-hydrogen) atoms. The fourth-order valence-electron chi connectivity index (χ4n) is 2.88. The Bertz CT molecular complexity index is 695. The van der Waals surface area contributed by atoms with Crippen molar-refractivity contribution in [1.82, 2.24) is 9.88 Å². The molecule has 6 heteroatoms. The zero-order valence-corrected chi connectivity index (χ0v) is 13.8. The third-order valence-electron chi connectivity index (χ3n) is 4.35. The Hall–Kier alpha value is -2.34. The van der Waals surface area contributed by atoms with Gasteiger partial charge in [0, 0.05) is 25.7 Å². The third-order valence-corrected chi connectivity index (χ3v) is 4.35. The van der Waals surface area contributed by atoms with Crippen LogP contribution in [-0.4, -0.2) is 41.4 Å². The van der Waals surface area contributed by atoms with Gasteiger partial charge in [-0.15, -0.1) is 0 Å². The number of hydrogen-bond donors (Lipinski definition) is 0. The lowest BCUT2D eigenvalue weighted by Gasteiger charge is -2.38. The second kappa shape index (κ2) is 7.70. The molecule has 4 nitrogen and oxygen atoms in total. The first kappa shape index (κ1) is 17.5. The molecule has 2 heterocycles. The van der Waals surface area contributed by atoms with Gasteiger partial charge in [0.1, 0.15) is 5.69 Å². The maximum absolute atomic E-state index is 14.2. The average Bonchev–Trinajstić information content (AvgIpc) is 2.64. The Morgan fingerprint density at radius 1 is 1.20 bits per heavy atom. The van der Waals surface area contributed by atoms with Crippen LogP contribution >= 0.6 is 0 Å². The fraction of sp³-hybridized carbons (Fsp3) is 0.368. The molecule has 1 atom stereocenters. The van der Waals surface area contributed by atoms with Crippen LogP contribution in [0.3, 0.4) is 0 Å². The molecule has 0 spiro atoms. The normalized spacial score (nSPS) is 19.6. The van der Waals surface area contributed by atoms with Crippen LogP contribution < -0.4 is 0 Å². The highest BCUT2D eigenvalue weighted by atomic mass is 19.3. The molecule has 3 rings (SSSR count). The van der Waals surface area contributed by atoms with Gasteiger partial charge in [0.25, 0.3) is 11.8 Å². The molecule has 0 radical (unpaired) electrons. The van der Waals surface area contributed by atoms with E-state index in [1.807, 2.05) is 30.3 Å². The summed E-state index contributed by atoms with van der Waals surface area (Å²) in [5.74, 6) is -4.17. The molecule has 0 N–H and O–H groups in total. The van der Waals surface area contributed by atoms with Crippen molar-refractivity contribution in [2.75, 3.05) is 19.7 Å². The number of pyridine rings is 1. The smallest absolute Gasteiger partial charge is 0.272 e. The number of nitrogens with zero attached hydrogens (tertiary/aromatic N) is 2. The van der Waals surface area contributed by atoms with E-state index in [4.69, 9.17) is 4.74 Å². The second-order valence-electron chi connectivity index (χ2n) is 6.17. The number of rotatable bonds is 5. The summed E-state index contributed by atoms with van der Waals surface area (Å²) in [5.41, 5.74) is 1.21. The SMILES string of the molecule is O=C(c1ccccn1)N1CCC(F)(F)C(COCc2ccccc2)C1. The highest BCUT2D eigenvalue weighted by Crippen LogP contribution is 2.34. The van der Waals surface area contributed by atoms with E-state index in [2.05, 4.69) is 4.98 Å². The number of likely N-dealkylation sites (tertiary alicyclic amines) is 1. The quantitative estimate of drug-likeness (QED) is 0.833. The van der Waals surface area contributed by atoms with Crippen LogP contribution in [0.25, 0.3) is 0 Å². The van der Waals surface area contributed by atoms with E-state index >= 15 is 0 Å². The molecule has 0 bridgehead atoms. The van der Waals surface area contributed by atoms with Gasteiger partial charge < -0.3 is 9.64 Å². The van der Waals surface area contributed by atoms with Gasteiger partial charge in [-0.1, -0.05) is 36.4 Å². The first-order chi connectivity index (χ1) is 12.1. The third kappa shape index (κ3) is 4.39. The number of piperidine rings is 1. The highest BCUT2D eigenvalue weighted by Gasteiger charge is 2.45. The van der Waals surface area contributed by atoms with Crippen LogP contribution in [0.4, 0.5) is 8.78 Å². The molecule has 1 fully saturated rings.